The standard InChI is InChI=1S/C6H15NO/c1-6(2,5-8)3-4-7/h8H,3-5,7H2,1-2H3. The van der Waals surface area contributed by atoms with Crippen molar-refractivity contribution in [1.82, 2.24) is 0 Å². The number of aliphatic hydroxyl groups excluding tert-OH is 1. The van der Waals surface area contributed by atoms with Crippen LogP contribution in [0.2, 0.25) is 0 Å². The van der Waals surface area contributed by atoms with Crippen LogP contribution in [0.4, 0.5) is 0 Å². The molecule has 2 nitrogen and oxygen atoms in total. The molecule has 0 aliphatic carbocycles. The summed E-state index contributed by atoms with van der Waals surface area (Å²) in [7, 11) is 0. The van der Waals surface area contributed by atoms with Gasteiger partial charge in [-0.25, -0.2) is 0 Å². The molecule has 0 aliphatic heterocycles. The van der Waals surface area contributed by atoms with Gasteiger partial charge < -0.3 is 10.8 Å². The summed E-state index contributed by atoms with van der Waals surface area (Å²) >= 11 is 0. The van der Waals surface area contributed by atoms with Gasteiger partial charge in [-0.05, 0) is 18.4 Å². The van der Waals surface area contributed by atoms with E-state index in [2.05, 4.69) is 0 Å². The minimum Gasteiger partial charge on any atom is -0.396 e. The van der Waals surface area contributed by atoms with Crippen LogP contribution in [0.3, 0.4) is 0 Å². The Morgan fingerprint density at radius 2 is 2.00 bits per heavy atom. The van der Waals surface area contributed by atoms with Crippen molar-refractivity contribution in [2.75, 3.05) is 13.2 Å². The second-order valence-corrected chi connectivity index (χ2v) is 2.86. The summed E-state index contributed by atoms with van der Waals surface area (Å²) in [6, 6.07) is 0. The average Bonchev–Trinajstić information content (AvgIpc) is 1.67. The summed E-state index contributed by atoms with van der Waals surface area (Å²) in [6.07, 6.45) is 0.892. The molecule has 3 N–H and O–H groups in total. The molecule has 0 saturated heterocycles. The van der Waals surface area contributed by atoms with E-state index in [-0.39, 0.29) is 12.0 Å². The molecule has 0 heterocycles. The third-order valence-electron chi connectivity index (χ3n) is 1.25. The lowest BCUT2D eigenvalue weighted by Crippen LogP contribution is -2.20. The van der Waals surface area contributed by atoms with Crippen molar-refractivity contribution in [1.29, 1.82) is 0 Å². The van der Waals surface area contributed by atoms with Crippen molar-refractivity contribution in [3.63, 3.8) is 0 Å². The lowest BCUT2D eigenvalue weighted by Gasteiger charge is -2.19. The highest BCUT2D eigenvalue weighted by Crippen LogP contribution is 2.16. The number of nitrogens with two attached hydrogens (primary N) is 1. The van der Waals surface area contributed by atoms with Gasteiger partial charge in [-0.2, -0.15) is 0 Å². The van der Waals surface area contributed by atoms with E-state index in [1.807, 2.05) is 13.8 Å². The second kappa shape index (κ2) is 3.05. The smallest absolute Gasteiger partial charge is 0.0482 e. The first-order valence-corrected chi connectivity index (χ1v) is 2.93. The number of rotatable bonds is 3. The molecule has 0 bridgehead atoms. The molecule has 8 heavy (non-hydrogen) atoms. The Hall–Kier alpha value is -0.0800. The van der Waals surface area contributed by atoms with Gasteiger partial charge in [0.15, 0.2) is 0 Å². The van der Waals surface area contributed by atoms with Gasteiger partial charge in [-0.3, -0.25) is 0 Å². The maximum Gasteiger partial charge on any atom is 0.0482 e. The first-order valence-electron chi connectivity index (χ1n) is 2.93. The first-order chi connectivity index (χ1) is 3.62. The molecular formula is C6H15NO. The Morgan fingerprint density at radius 1 is 1.50 bits per heavy atom. The number of hydrogen-bond acceptors (Lipinski definition) is 2. The second-order valence-electron chi connectivity index (χ2n) is 2.86. The van der Waals surface area contributed by atoms with Gasteiger partial charge in [-0.15, -0.1) is 0 Å². The molecule has 0 aliphatic rings. The van der Waals surface area contributed by atoms with Crippen molar-refractivity contribution in [3.8, 4) is 0 Å². The predicted molar refractivity (Wildman–Crippen MR) is 34.5 cm³/mol. The highest BCUT2D eigenvalue weighted by Gasteiger charge is 2.13. The Labute approximate surface area is 50.7 Å². The van der Waals surface area contributed by atoms with E-state index in [0.717, 1.165) is 6.42 Å². The highest BCUT2D eigenvalue weighted by atomic mass is 16.3. The lowest BCUT2D eigenvalue weighted by molar-refractivity contribution is 0.153. The Morgan fingerprint density at radius 3 is 2.12 bits per heavy atom. The van der Waals surface area contributed by atoms with Crippen molar-refractivity contribution >= 4 is 0 Å². The molecule has 0 aromatic carbocycles. The zero-order chi connectivity index (χ0) is 6.62. The minimum atomic E-state index is 0.0226. The van der Waals surface area contributed by atoms with E-state index >= 15 is 0 Å². The van der Waals surface area contributed by atoms with Crippen molar-refractivity contribution in [2.24, 2.45) is 11.1 Å². The van der Waals surface area contributed by atoms with Crippen molar-refractivity contribution in [2.45, 2.75) is 20.3 Å². The molecule has 0 saturated carbocycles. The van der Waals surface area contributed by atoms with Gasteiger partial charge >= 0.3 is 0 Å². The molecule has 2 heteroatoms. The number of aliphatic hydroxyl groups is 1. The summed E-state index contributed by atoms with van der Waals surface area (Å²) in [5, 5.41) is 8.67. The quantitative estimate of drug-likeness (QED) is 0.560. The van der Waals surface area contributed by atoms with Crippen LogP contribution in [0.5, 0.6) is 0 Å². The van der Waals surface area contributed by atoms with Gasteiger partial charge in [0.1, 0.15) is 0 Å². The molecule has 0 spiro atoms. The maximum absolute atomic E-state index is 8.67. The van der Waals surface area contributed by atoms with E-state index in [0.29, 0.717) is 6.54 Å². The van der Waals surface area contributed by atoms with Crippen LogP contribution < -0.4 is 5.73 Å². The zero-order valence-electron chi connectivity index (χ0n) is 5.65. The molecule has 0 atom stereocenters. The summed E-state index contributed by atoms with van der Waals surface area (Å²) in [5.41, 5.74) is 5.30. The fourth-order valence-corrected chi connectivity index (χ4v) is 0.470. The highest BCUT2D eigenvalue weighted by molar-refractivity contribution is 4.66. The normalized spacial score (nSPS) is 12.0. The fraction of sp³-hybridized carbons (Fsp3) is 1.00. The molecule has 0 amide bonds. The molecule has 50 valence electrons. The molecule has 0 radical (unpaired) electrons. The predicted octanol–water partition coefficient (Wildman–Crippen LogP) is 0.354. The van der Waals surface area contributed by atoms with Gasteiger partial charge in [0.25, 0.3) is 0 Å². The molecule has 0 aromatic heterocycles. The summed E-state index contributed by atoms with van der Waals surface area (Å²) in [6.45, 7) is 4.89. The summed E-state index contributed by atoms with van der Waals surface area (Å²) in [5.74, 6) is 0. The summed E-state index contributed by atoms with van der Waals surface area (Å²) in [4.78, 5) is 0. The minimum absolute atomic E-state index is 0.0226. The van der Waals surface area contributed by atoms with Gasteiger partial charge in [0.05, 0.1) is 0 Å². The van der Waals surface area contributed by atoms with E-state index in [9.17, 15) is 0 Å². The van der Waals surface area contributed by atoms with Gasteiger partial charge in [0.2, 0.25) is 0 Å². The van der Waals surface area contributed by atoms with Gasteiger partial charge in [-0.1, -0.05) is 13.8 Å². The summed E-state index contributed by atoms with van der Waals surface area (Å²) < 4.78 is 0. The SMILES string of the molecule is CC(C)(CO)CCN. The van der Waals surface area contributed by atoms with Crippen LogP contribution in [-0.2, 0) is 0 Å². The van der Waals surface area contributed by atoms with Crippen molar-refractivity contribution < 1.29 is 5.11 Å². The fourth-order valence-electron chi connectivity index (χ4n) is 0.470. The molecule has 0 fully saturated rings. The molecule has 0 aromatic rings. The Bertz CT molecular complexity index is 61.5. The first kappa shape index (κ1) is 7.92. The largest absolute Gasteiger partial charge is 0.396 e. The zero-order valence-corrected chi connectivity index (χ0v) is 5.65. The van der Waals surface area contributed by atoms with Crippen LogP contribution in [0.15, 0.2) is 0 Å². The van der Waals surface area contributed by atoms with E-state index in [1.165, 1.54) is 0 Å². The third kappa shape index (κ3) is 2.99. The lowest BCUT2D eigenvalue weighted by atomic mass is 9.91. The monoisotopic (exact) mass is 117 g/mol. The Kier molecular flexibility index (Phi) is 3.02. The third-order valence-corrected chi connectivity index (χ3v) is 1.25. The molecule has 0 unspecified atom stereocenters. The van der Waals surface area contributed by atoms with Gasteiger partial charge in [0, 0.05) is 6.61 Å². The van der Waals surface area contributed by atoms with Crippen LogP contribution in [0.25, 0.3) is 0 Å². The van der Waals surface area contributed by atoms with Crippen LogP contribution in [0, 0.1) is 5.41 Å². The average molecular weight is 117 g/mol. The van der Waals surface area contributed by atoms with Crippen molar-refractivity contribution in [3.05, 3.63) is 0 Å². The van der Waals surface area contributed by atoms with Crippen LogP contribution >= 0.6 is 0 Å². The Balaban J connectivity index is 3.37. The van der Waals surface area contributed by atoms with Crippen LogP contribution in [0.1, 0.15) is 20.3 Å². The van der Waals surface area contributed by atoms with E-state index in [4.69, 9.17) is 10.8 Å². The maximum atomic E-state index is 8.67. The molecular weight excluding hydrogens is 102 g/mol. The topological polar surface area (TPSA) is 46.2 Å². The van der Waals surface area contributed by atoms with Crippen LogP contribution in [-0.4, -0.2) is 18.3 Å². The van der Waals surface area contributed by atoms with E-state index in [1.54, 1.807) is 0 Å². The number of hydrogen-bond donors (Lipinski definition) is 2. The molecule has 0 rings (SSSR count). The van der Waals surface area contributed by atoms with E-state index < -0.39 is 0 Å².